The van der Waals surface area contributed by atoms with E-state index in [2.05, 4.69) is 93.4 Å². The van der Waals surface area contributed by atoms with Gasteiger partial charge in [0.05, 0.1) is 65.5 Å². The molecule has 4 aromatic rings. The number of methoxy groups -OCH3 is 2. The van der Waals surface area contributed by atoms with Gasteiger partial charge in [0.25, 0.3) is 0 Å². The maximum absolute atomic E-state index is 14.7. The number of benzene rings is 2. The Kier molecular flexibility index (Phi) is 14.2. The summed E-state index contributed by atoms with van der Waals surface area (Å²) in [5, 5.41) is 5.82. The Bertz CT molecular complexity index is 2530. The molecule has 4 fully saturated rings. The van der Waals surface area contributed by atoms with Crippen molar-refractivity contribution >= 4 is 46.6 Å². The number of hydrogen-bond acceptors (Lipinski definition) is 10. The first-order chi connectivity index (χ1) is 33.0. The van der Waals surface area contributed by atoms with E-state index in [1.807, 2.05) is 49.9 Å². The van der Waals surface area contributed by atoms with E-state index in [-0.39, 0.29) is 66.3 Å². The number of halogens is 1. The summed E-state index contributed by atoms with van der Waals surface area (Å²) in [6.45, 7) is 12.2. The van der Waals surface area contributed by atoms with Crippen molar-refractivity contribution in [2.24, 2.45) is 5.92 Å². The molecule has 4 aliphatic heterocycles. The second-order valence-electron chi connectivity index (χ2n) is 20.3. The standard InChI is InChI=1S/C52H67IN8O8/c1-27-9-19-42(60(27)48(62)44(58-50(64)66-7)35-21-29(3)68-30(4)22-35)47-55-26-41(57-47)39-18-15-36(37-16-17-38(37)39)33-11-13-34(14-12-33)40-25-54-46(56-40)43-20-10-28(2)61(43)49(63)45(59-51(65)67-8)52(53)23-31(5)69-32(6)24-52/h11-15,18,25-32,35,42-45H,9-10,16-17,19-24H2,1-8H3,(H,54,56)(H,55,57)(H,58,64)(H,59,65)/t27-,28-,29-,30+,31-,32+,35+,42-,43-,44-,45+,52+/m0/s1. The number of rotatable bonds is 11. The molecule has 5 aliphatic rings. The van der Waals surface area contributed by atoms with Gasteiger partial charge in [-0.15, -0.1) is 0 Å². The van der Waals surface area contributed by atoms with E-state index in [0.717, 1.165) is 78.3 Å². The van der Waals surface area contributed by atoms with Crippen molar-refractivity contribution in [3.8, 4) is 33.6 Å². The van der Waals surface area contributed by atoms with Crippen LogP contribution in [-0.2, 0) is 41.4 Å². The van der Waals surface area contributed by atoms with E-state index < -0.39 is 27.7 Å². The molecule has 16 nitrogen and oxygen atoms in total. The predicted octanol–water partition coefficient (Wildman–Crippen LogP) is 8.75. The molecule has 12 atom stereocenters. The van der Waals surface area contributed by atoms with Gasteiger partial charge in [-0.2, -0.15) is 0 Å². The zero-order chi connectivity index (χ0) is 48.9. The van der Waals surface area contributed by atoms with E-state index in [0.29, 0.717) is 25.7 Å². The van der Waals surface area contributed by atoms with Crippen molar-refractivity contribution in [1.82, 2.24) is 40.4 Å². The molecule has 6 heterocycles. The zero-order valence-corrected chi connectivity index (χ0v) is 43.1. The molecule has 0 unspecified atom stereocenters. The van der Waals surface area contributed by atoms with Gasteiger partial charge in [0, 0.05) is 35.6 Å². The number of imidazole rings is 2. The van der Waals surface area contributed by atoms with Gasteiger partial charge in [0.2, 0.25) is 11.8 Å². The third-order valence-electron chi connectivity index (χ3n) is 15.4. The SMILES string of the molecule is COC(=O)N[C@H](C(=O)N1[C@@H](C)CC[C@H]1c1nc(-c2ccc(-c3ccc(-c4c[nH]c([C@@H]5CC[C@H](C)N5C(=O)[C@@H](NC(=O)OC)[C@]5(I)C[C@@H](C)O[C@@H](C)C5)n4)cc3)c3c2CC3)c[nH]1)[C@H]1C[C@@H](C)O[C@@H](C)C1. The van der Waals surface area contributed by atoms with Crippen LogP contribution in [0, 0.1) is 5.92 Å². The molecule has 2 aromatic heterocycles. The van der Waals surface area contributed by atoms with E-state index in [1.165, 1.54) is 30.9 Å². The van der Waals surface area contributed by atoms with Gasteiger partial charge in [0.1, 0.15) is 23.7 Å². The lowest BCUT2D eigenvalue weighted by atomic mass is 9.79. The minimum absolute atomic E-state index is 0.0228. The number of aromatic amines is 2. The zero-order valence-electron chi connectivity index (χ0n) is 41.0. The molecule has 0 spiro atoms. The molecule has 370 valence electrons. The fraction of sp³-hybridized carbons (Fsp3) is 0.577. The number of H-pyrrole nitrogens is 2. The summed E-state index contributed by atoms with van der Waals surface area (Å²) in [5.41, 5.74) is 8.61. The van der Waals surface area contributed by atoms with E-state index in [9.17, 15) is 19.2 Å². The molecule has 1 aliphatic carbocycles. The number of nitrogens with one attached hydrogen (secondary N) is 4. The molecule has 9 rings (SSSR count). The summed E-state index contributed by atoms with van der Waals surface area (Å²) in [4.78, 5) is 75.4. The number of alkyl halides is 1. The highest BCUT2D eigenvalue weighted by Crippen LogP contribution is 2.45. The number of nitrogens with zero attached hydrogens (tertiary/aromatic N) is 4. The average Bonchev–Trinajstić information content (AvgIpc) is 4.13. The Hall–Kier alpha value is -5.01. The summed E-state index contributed by atoms with van der Waals surface area (Å²) in [5.74, 6) is 1.13. The largest absolute Gasteiger partial charge is 0.453 e. The summed E-state index contributed by atoms with van der Waals surface area (Å²) >= 11 is 2.36. The maximum Gasteiger partial charge on any atom is 0.407 e. The topological polar surface area (TPSA) is 193 Å². The molecule has 0 radical (unpaired) electrons. The number of amides is 4. The summed E-state index contributed by atoms with van der Waals surface area (Å²) < 4.78 is 21.5. The maximum atomic E-state index is 14.7. The van der Waals surface area contributed by atoms with Gasteiger partial charge in [-0.05, 0) is 134 Å². The molecule has 4 saturated heterocycles. The van der Waals surface area contributed by atoms with Crippen LogP contribution < -0.4 is 10.6 Å². The van der Waals surface area contributed by atoms with Crippen molar-refractivity contribution in [2.45, 2.75) is 170 Å². The van der Waals surface area contributed by atoms with Crippen LogP contribution in [0.5, 0.6) is 0 Å². The van der Waals surface area contributed by atoms with Crippen LogP contribution in [0.15, 0.2) is 48.8 Å². The first kappa shape index (κ1) is 49.0. The van der Waals surface area contributed by atoms with Crippen molar-refractivity contribution in [2.75, 3.05) is 14.2 Å². The third-order valence-corrected chi connectivity index (χ3v) is 16.9. The van der Waals surface area contributed by atoms with Crippen molar-refractivity contribution in [1.29, 1.82) is 0 Å². The molecule has 4 amide bonds. The molecular formula is C52H67IN8O8. The summed E-state index contributed by atoms with van der Waals surface area (Å²) in [6.07, 6.45) is 10.1. The van der Waals surface area contributed by atoms with Gasteiger partial charge in [0.15, 0.2) is 0 Å². The minimum atomic E-state index is -0.801. The molecule has 2 aromatic carbocycles. The Balaban J connectivity index is 0.904. The lowest BCUT2D eigenvalue weighted by Gasteiger charge is -2.45. The second-order valence-corrected chi connectivity index (χ2v) is 22.4. The fourth-order valence-corrected chi connectivity index (χ4v) is 13.8. The van der Waals surface area contributed by atoms with E-state index >= 15 is 0 Å². The normalized spacial score (nSPS) is 29.7. The van der Waals surface area contributed by atoms with Gasteiger partial charge < -0.3 is 49.3 Å². The molecule has 0 saturated carbocycles. The van der Waals surface area contributed by atoms with Gasteiger partial charge in [-0.25, -0.2) is 19.6 Å². The summed E-state index contributed by atoms with van der Waals surface area (Å²) in [6, 6.07) is 10.7. The Morgan fingerprint density at radius 3 is 1.74 bits per heavy atom. The first-order valence-electron chi connectivity index (χ1n) is 24.7. The van der Waals surface area contributed by atoms with Crippen LogP contribution >= 0.6 is 22.6 Å². The highest BCUT2D eigenvalue weighted by molar-refractivity contribution is 14.1. The van der Waals surface area contributed by atoms with Gasteiger partial charge in [-0.3, -0.25) is 9.59 Å². The number of carbonyl (C=O) groups is 4. The Labute approximate surface area is 418 Å². The average molecular weight is 1060 g/mol. The molecule has 0 bridgehead atoms. The molecular weight excluding hydrogens is 992 g/mol. The Morgan fingerprint density at radius 2 is 1.16 bits per heavy atom. The third kappa shape index (κ3) is 9.75. The number of fused-ring (bicyclic) bond motifs is 1. The monoisotopic (exact) mass is 1060 g/mol. The second kappa shape index (κ2) is 20.0. The van der Waals surface area contributed by atoms with Crippen LogP contribution in [0.3, 0.4) is 0 Å². The van der Waals surface area contributed by atoms with Crippen LogP contribution in [-0.4, -0.2) is 120 Å². The molecule has 17 heteroatoms. The van der Waals surface area contributed by atoms with Crippen LogP contribution in [0.2, 0.25) is 0 Å². The Morgan fingerprint density at radius 1 is 0.667 bits per heavy atom. The van der Waals surface area contributed by atoms with Crippen molar-refractivity contribution < 1.29 is 38.1 Å². The molecule has 69 heavy (non-hydrogen) atoms. The van der Waals surface area contributed by atoms with Gasteiger partial charge in [-0.1, -0.05) is 59.0 Å². The van der Waals surface area contributed by atoms with E-state index in [4.69, 9.17) is 28.9 Å². The van der Waals surface area contributed by atoms with Crippen molar-refractivity contribution in [3.63, 3.8) is 0 Å². The highest BCUT2D eigenvalue weighted by atomic mass is 127. The number of alkyl carbamates (subject to hydrolysis) is 2. The van der Waals surface area contributed by atoms with E-state index in [1.54, 1.807) is 0 Å². The lowest BCUT2D eigenvalue weighted by Crippen LogP contribution is -2.62. The quantitative estimate of drug-likeness (QED) is 0.0834. The first-order valence-corrected chi connectivity index (χ1v) is 25.8. The smallest absolute Gasteiger partial charge is 0.407 e. The van der Waals surface area contributed by atoms with Crippen molar-refractivity contribution in [3.05, 3.63) is 71.6 Å². The summed E-state index contributed by atoms with van der Waals surface area (Å²) in [7, 11) is 2.64. The fourth-order valence-electron chi connectivity index (χ4n) is 12.2. The number of carbonyl (C=O) groups excluding carboxylic acids is 4. The van der Waals surface area contributed by atoms with Crippen LogP contribution in [0.4, 0.5) is 9.59 Å². The van der Waals surface area contributed by atoms with Gasteiger partial charge >= 0.3 is 12.2 Å². The lowest BCUT2D eigenvalue weighted by molar-refractivity contribution is -0.140. The number of aromatic nitrogens is 4. The highest BCUT2D eigenvalue weighted by Gasteiger charge is 2.51. The predicted molar refractivity (Wildman–Crippen MR) is 268 cm³/mol. The number of likely N-dealkylation sites (tertiary alicyclic amines) is 2. The van der Waals surface area contributed by atoms with Crippen LogP contribution in [0.1, 0.15) is 128 Å². The number of ether oxygens (including phenoxy) is 4. The molecule has 4 N–H and O–H groups in total. The van der Waals surface area contributed by atoms with Crippen LogP contribution in [0.25, 0.3) is 33.6 Å². The minimum Gasteiger partial charge on any atom is -0.453 e. The number of hydrogen-bond donors (Lipinski definition) is 4.